The zero-order valence-corrected chi connectivity index (χ0v) is 31.5. The number of fused-ring (bicyclic) bond motifs is 1. The van der Waals surface area contributed by atoms with Crippen molar-refractivity contribution in [2.45, 2.75) is 103 Å². The van der Waals surface area contributed by atoms with Gasteiger partial charge in [-0.25, -0.2) is 19.4 Å². The number of nitrogens with zero attached hydrogens (tertiary/aromatic N) is 6. The molecule has 1 aromatic carbocycles. The summed E-state index contributed by atoms with van der Waals surface area (Å²) < 4.78 is 14.4. The molecule has 1 fully saturated rings. The lowest BCUT2D eigenvalue weighted by molar-refractivity contribution is 0.0575. The largest absolute Gasteiger partial charge is 0.443 e. The minimum atomic E-state index is -2.15. The van der Waals surface area contributed by atoms with E-state index in [1.807, 2.05) is 26.8 Å². The Bertz CT molecular complexity index is 1780. The van der Waals surface area contributed by atoms with Crippen molar-refractivity contribution in [1.82, 2.24) is 25.1 Å². The average Bonchev–Trinajstić information content (AvgIpc) is 3.70. The van der Waals surface area contributed by atoms with Crippen molar-refractivity contribution in [1.29, 1.82) is 5.26 Å². The molecule has 0 unspecified atom stereocenters. The topological polar surface area (TPSA) is 147 Å². The third-order valence-corrected chi connectivity index (χ3v) is 14.2. The number of nitriles is 1. The van der Waals surface area contributed by atoms with Crippen molar-refractivity contribution in [2.75, 3.05) is 30.4 Å². The van der Waals surface area contributed by atoms with Crippen LogP contribution in [0.3, 0.4) is 0 Å². The molecule has 13 heteroatoms. The van der Waals surface area contributed by atoms with Crippen LogP contribution in [0.1, 0.15) is 89.3 Å². The van der Waals surface area contributed by atoms with E-state index in [0.717, 1.165) is 12.0 Å². The number of carbonyl (C=O) groups excluding carboxylic acids is 2. The molecule has 12 nitrogen and oxygen atoms in total. The highest BCUT2D eigenvalue weighted by Gasteiger charge is 2.47. The van der Waals surface area contributed by atoms with Gasteiger partial charge in [0, 0.05) is 50.0 Å². The van der Waals surface area contributed by atoms with Crippen LogP contribution >= 0.6 is 0 Å². The first-order valence-corrected chi connectivity index (χ1v) is 19.9. The number of nitrogens with one attached hydrogen (secondary N) is 2. The predicted octanol–water partition coefficient (Wildman–Crippen LogP) is 7.15. The van der Waals surface area contributed by atoms with Crippen LogP contribution in [-0.2, 0) is 21.1 Å². The highest BCUT2D eigenvalue weighted by Crippen LogP contribution is 2.47. The summed E-state index contributed by atoms with van der Waals surface area (Å²) in [5.41, 5.74) is 1.98. The van der Waals surface area contributed by atoms with Gasteiger partial charge in [0.05, 0.1) is 16.9 Å². The number of aryl methyl sites for hydroxylation is 1. The lowest BCUT2D eigenvalue weighted by Crippen LogP contribution is -2.46. The van der Waals surface area contributed by atoms with Gasteiger partial charge in [-0.3, -0.25) is 9.69 Å². The Morgan fingerprint density at radius 3 is 2.47 bits per heavy atom. The molecule has 1 saturated carbocycles. The second kappa shape index (κ2) is 13.2. The molecule has 2 aromatic heterocycles. The zero-order valence-electron chi connectivity index (χ0n) is 30.5. The molecule has 2 N–H and O–H groups in total. The normalized spacial score (nSPS) is 17.8. The summed E-state index contributed by atoms with van der Waals surface area (Å²) in [6, 6.07) is 9.59. The molecule has 1 atom stereocenters. The van der Waals surface area contributed by atoms with Gasteiger partial charge in [0.15, 0.2) is 14.0 Å². The first kappa shape index (κ1) is 36.0. The van der Waals surface area contributed by atoms with Crippen LogP contribution in [0.15, 0.2) is 30.5 Å². The summed E-state index contributed by atoms with van der Waals surface area (Å²) in [6.07, 6.45) is 4.58. The molecule has 2 aliphatic rings. The predicted molar refractivity (Wildman–Crippen MR) is 193 cm³/mol. The zero-order chi connectivity index (χ0) is 35.9. The maximum Gasteiger partial charge on any atom is 0.414 e. The Hall–Kier alpha value is -4.28. The fraction of sp³-hybridized carbons (Fsp3) is 0.556. The second-order valence-electron chi connectivity index (χ2n) is 16.0. The minimum Gasteiger partial charge on any atom is -0.443 e. The van der Waals surface area contributed by atoms with E-state index in [0.29, 0.717) is 65.6 Å². The smallest absolute Gasteiger partial charge is 0.414 e. The fourth-order valence-electron chi connectivity index (χ4n) is 5.62. The van der Waals surface area contributed by atoms with E-state index >= 15 is 0 Å². The average molecular weight is 687 g/mol. The van der Waals surface area contributed by atoms with Crippen molar-refractivity contribution in [3.05, 3.63) is 47.3 Å². The third kappa shape index (κ3) is 7.97. The van der Waals surface area contributed by atoms with Gasteiger partial charge >= 0.3 is 6.09 Å². The Kier molecular flexibility index (Phi) is 9.71. The van der Waals surface area contributed by atoms with Crippen LogP contribution in [0, 0.1) is 17.2 Å². The van der Waals surface area contributed by atoms with E-state index in [1.54, 1.807) is 41.0 Å². The minimum absolute atomic E-state index is 0.00590. The third-order valence-electron chi connectivity index (χ3n) is 9.71. The van der Waals surface area contributed by atoms with Gasteiger partial charge in [-0.1, -0.05) is 40.5 Å². The van der Waals surface area contributed by atoms with Crippen LogP contribution < -0.4 is 15.5 Å². The van der Waals surface area contributed by atoms with Crippen molar-refractivity contribution in [3.8, 4) is 17.3 Å². The monoisotopic (exact) mass is 686 g/mol. The molecule has 2 amide bonds. The van der Waals surface area contributed by atoms with E-state index in [-0.39, 0.29) is 10.9 Å². The summed E-state index contributed by atoms with van der Waals surface area (Å²) in [4.78, 5) is 36.9. The number of hydrogen-bond donors (Lipinski definition) is 2. The molecule has 0 radical (unpaired) electrons. The van der Waals surface area contributed by atoms with Crippen molar-refractivity contribution >= 4 is 37.8 Å². The number of carbonyl (C=O) groups is 2. The van der Waals surface area contributed by atoms with Gasteiger partial charge in [-0.05, 0) is 75.0 Å². The van der Waals surface area contributed by atoms with E-state index in [9.17, 15) is 14.9 Å². The SMILES string of the molecule is CNC(=O)c1cc(Nc2nccc(-c3cc(C#N)c4c(c3)[C@@](C)(CO[Si](C)(C)C(C)(C)C)CN4C(=O)OC(C)(C)C)n2)n(CCC2CC2)n1. The van der Waals surface area contributed by atoms with Crippen LogP contribution in [0.25, 0.3) is 11.3 Å². The van der Waals surface area contributed by atoms with Gasteiger partial charge in [-0.15, -0.1) is 0 Å². The molecule has 0 spiro atoms. The molecular weight excluding hydrogens is 637 g/mol. The van der Waals surface area contributed by atoms with Gasteiger partial charge in [0.25, 0.3) is 5.91 Å². The number of ether oxygens (including phenoxy) is 1. The number of hydrogen-bond acceptors (Lipinski definition) is 9. The molecule has 3 aromatic rings. The van der Waals surface area contributed by atoms with E-state index in [1.165, 1.54) is 12.8 Å². The molecular formula is C36H50N8O4Si. The van der Waals surface area contributed by atoms with Gasteiger partial charge in [-0.2, -0.15) is 10.4 Å². The summed E-state index contributed by atoms with van der Waals surface area (Å²) in [7, 11) is -0.577. The maximum absolute atomic E-state index is 13.6. The lowest BCUT2D eigenvalue weighted by Gasteiger charge is -2.39. The van der Waals surface area contributed by atoms with Crippen LogP contribution in [0.5, 0.6) is 0 Å². The van der Waals surface area contributed by atoms with Crippen molar-refractivity contribution < 1.29 is 18.8 Å². The Morgan fingerprint density at radius 1 is 1.14 bits per heavy atom. The molecule has 5 rings (SSSR count). The first-order valence-electron chi connectivity index (χ1n) is 17.0. The molecule has 0 saturated heterocycles. The van der Waals surface area contributed by atoms with Crippen LogP contribution in [0.2, 0.25) is 18.1 Å². The summed E-state index contributed by atoms with van der Waals surface area (Å²) >= 11 is 0. The number of anilines is 3. The lowest BCUT2D eigenvalue weighted by atomic mass is 9.83. The van der Waals surface area contributed by atoms with E-state index in [2.05, 4.69) is 67.6 Å². The Labute approximate surface area is 290 Å². The van der Waals surface area contributed by atoms with E-state index in [4.69, 9.17) is 14.1 Å². The van der Waals surface area contributed by atoms with Gasteiger partial charge in [0.2, 0.25) is 5.95 Å². The summed E-state index contributed by atoms with van der Waals surface area (Å²) in [5, 5.41) is 20.9. The number of aromatic nitrogens is 4. The second-order valence-corrected chi connectivity index (χ2v) is 20.9. The number of amides is 2. The highest BCUT2D eigenvalue weighted by molar-refractivity contribution is 6.74. The van der Waals surface area contributed by atoms with Crippen LogP contribution in [-0.4, -0.2) is 65.9 Å². The highest BCUT2D eigenvalue weighted by atomic mass is 28.4. The molecule has 1 aliphatic heterocycles. The number of benzene rings is 1. The molecule has 0 bridgehead atoms. The summed E-state index contributed by atoms with van der Waals surface area (Å²) in [5.74, 6) is 1.36. The molecule has 1 aliphatic carbocycles. The standard InChI is InChI=1S/C36H50N8O4Si/c1-34(2,3)48-33(46)43-21-36(7,22-47-49(9,10)35(4,5)6)26-18-24(17-25(20-37)30(26)43)27-13-15-39-32(40-27)41-29-19-28(31(45)38-8)42-44(29)16-14-23-11-12-23/h13,15,17-19,23H,11-12,14,16,21-22H2,1-10H3,(H,38,45)(H,39,40,41)/t36-/m1/s1. The Morgan fingerprint density at radius 2 is 1.86 bits per heavy atom. The Balaban J connectivity index is 1.53. The molecule has 3 heterocycles. The van der Waals surface area contributed by atoms with Crippen LogP contribution in [0.4, 0.5) is 22.2 Å². The first-order chi connectivity index (χ1) is 22.8. The van der Waals surface area contributed by atoms with E-state index < -0.39 is 25.4 Å². The number of rotatable bonds is 10. The van der Waals surface area contributed by atoms with Crippen molar-refractivity contribution in [2.24, 2.45) is 5.92 Å². The fourth-order valence-corrected chi connectivity index (χ4v) is 6.73. The maximum atomic E-state index is 13.6. The van der Waals surface area contributed by atoms with Gasteiger partial charge in [0.1, 0.15) is 17.5 Å². The quantitative estimate of drug-likeness (QED) is 0.212. The molecule has 262 valence electrons. The molecule has 49 heavy (non-hydrogen) atoms. The summed E-state index contributed by atoms with van der Waals surface area (Å²) in [6.45, 7) is 19.9. The van der Waals surface area contributed by atoms with Crippen molar-refractivity contribution in [3.63, 3.8) is 0 Å². The van der Waals surface area contributed by atoms with Gasteiger partial charge < -0.3 is 19.8 Å².